The molecule has 0 aliphatic carbocycles. The molecular formula is C25H22N2. The van der Waals surface area contributed by atoms with Gasteiger partial charge in [0.25, 0.3) is 0 Å². The van der Waals surface area contributed by atoms with Gasteiger partial charge in [-0.15, -0.1) is 0 Å². The van der Waals surface area contributed by atoms with E-state index in [0.717, 1.165) is 19.8 Å². The fourth-order valence-electron chi connectivity index (χ4n) is 4.07. The Balaban J connectivity index is 1.47. The Morgan fingerprint density at radius 3 is 2.00 bits per heavy atom. The lowest BCUT2D eigenvalue weighted by Gasteiger charge is -2.22. The molecule has 2 heteroatoms. The molecule has 1 heterocycles. The maximum absolute atomic E-state index is 2.49. The van der Waals surface area contributed by atoms with Crippen molar-refractivity contribution in [2.45, 2.75) is 13.1 Å². The monoisotopic (exact) mass is 350 g/mol. The van der Waals surface area contributed by atoms with Crippen molar-refractivity contribution in [2.75, 3.05) is 16.5 Å². The molecule has 0 saturated heterocycles. The highest BCUT2D eigenvalue weighted by Gasteiger charge is 2.25. The Morgan fingerprint density at radius 1 is 0.556 bits per heavy atom. The molecule has 0 N–H and O–H groups in total. The van der Waals surface area contributed by atoms with Gasteiger partial charge < -0.3 is 9.80 Å². The number of rotatable bonds is 4. The van der Waals surface area contributed by atoms with E-state index < -0.39 is 0 Å². The first kappa shape index (κ1) is 16.0. The van der Waals surface area contributed by atoms with E-state index in [4.69, 9.17) is 0 Å². The number of hydrogen-bond donors (Lipinski definition) is 0. The molecule has 5 rings (SSSR count). The van der Waals surface area contributed by atoms with Gasteiger partial charge in [-0.1, -0.05) is 84.9 Å². The molecular weight excluding hydrogens is 328 g/mol. The van der Waals surface area contributed by atoms with Gasteiger partial charge in [-0.25, -0.2) is 0 Å². The van der Waals surface area contributed by atoms with Crippen molar-refractivity contribution in [2.24, 2.45) is 0 Å². The first-order chi connectivity index (χ1) is 13.4. The van der Waals surface area contributed by atoms with Crippen LogP contribution in [0.5, 0.6) is 0 Å². The van der Waals surface area contributed by atoms with Gasteiger partial charge in [0.15, 0.2) is 0 Å². The average molecular weight is 350 g/mol. The van der Waals surface area contributed by atoms with E-state index >= 15 is 0 Å². The SMILES string of the molecule is c1ccc(CN2CN(Cc3cccc4ccccc34)c3ccccc32)cc1. The minimum atomic E-state index is 0.914. The molecule has 1 aliphatic rings. The minimum Gasteiger partial charge on any atom is -0.348 e. The van der Waals surface area contributed by atoms with Crippen LogP contribution < -0.4 is 9.80 Å². The van der Waals surface area contributed by atoms with Crippen LogP contribution in [0.1, 0.15) is 11.1 Å². The lowest BCUT2D eigenvalue weighted by atomic mass is 10.0. The average Bonchev–Trinajstić information content (AvgIpc) is 3.07. The van der Waals surface area contributed by atoms with Gasteiger partial charge >= 0.3 is 0 Å². The smallest absolute Gasteiger partial charge is 0.0911 e. The summed E-state index contributed by atoms with van der Waals surface area (Å²) in [7, 11) is 0. The summed E-state index contributed by atoms with van der Waals surface area (Å²) in [5, 5.41) is 2.66. The maximum Gasteiger partial charge on any atom is 0.0911 e. The van der Waals surface area contributed by atoms with Crippen molar-refractivity contribution >= 4 is 22.1 Å². The van der Waals surface area contributed by atoms with Gasteiger partial charge in [0.1, 0.15) is 0 Å². The van der Waals surface area contributed by atoms with Crippen molar-refractivity contribution in [3.05, 3.63) is 108 Å². The number of nitrogens with zero attached hydrogens (tertiary/aromatic N) is 2. The first-order valence-electron chi connectivity index (χ1n) is 9.48. The molecule has 0 aromatic heterocycles. The summed E-state index contributed by atoms with van der Waals surface area (Å²) in [5.41, 5.74) is 5.37. The maximum atomic E-state index is 2.49. The normalized spacial score (nSPS) is 13.2. The Bertz CT molecular complexity index is 1070. The number of hydrogen-bond acceptors (Lipinski definition) is 2. The van der Waals surface area contributed by atoms with E-state index in [-0.39, 0.29) is 0 Å². The molecule has 0 bridgehead atoms. The van der Waals surface area contributed by atoms with Crippen molar-refractivity contribution in [1.82, 2.24) is 0 Å². The number of anilines is 2. The summed E-state index contributed by atoms with van der Waals surface area (Å²) in [6.07, 6.45) is 0. The molecule has 27 heavy (non-hydrogen) atoms. The minimum absolute atomic E-state index is 0.914. The number of para-hydroxylation sites is 2. The molecule has 132 valence electrons. The van der Waals surface area contributed by atoms with Gasteiger partial charge in [0.2, 0.25) is 0 Å². The third-order valence-corrected chi connectivity index (χ3v) is 5.36. The lowest BCUT2D eigenvalue weighted by Crippen LogP contribution is -2.30. The van der Waals surface area contributed by atoms with Crippen molar-refractivity contribution in [1.29, 1.82) is 0 Å². The first-order valence-corrected chi connectivity index (χ1v) is 9.48. The van der Waals surface area contributed by atoms with Crippen LogP contribution in [0.3, 0.4) is 0 Å². The second-order valence-electron chi connectivity index (χ2n) is 7.15. The molecule has 0 spiro atoms. The van der Waals surface area contributed by atoms with E-state index in [9.17, 15) is 0 Å². The largest absolute Gasteiger partial charge is 0.348 e. The van der Waals surface area contributed by atoms with Crippen LogP contribution in [-0.2, 0) is 13.1 Å². The Labute approximate surface area is 160 Å². The van der Waals surface area contributed by atoms with Gasteiger partial charge in [-0.2, -0.15) is 0 Å². The van der Waals surface area contributed by atoms with Crippen molar-refractivity contribution in [3.8, 4) is 0 Å². The van der Waals surface area contributed by atoms with Crippen molar-refractivity contribution in [3.63, 3.8) is 0 Å². The van der Waals surface area contributed by atoms with Crippen LogP contribution >= 0.6 is 0 Å². The number of benzene rings is 4. The van der Waals surface area contributed by atoms with E-state index in [2.05, 4.69) is 107 Å². The molecule has 0 amide bonds. The summed E-state index contributed by atoms with van der Waals surface area (Å²) in [6.45, 7) is 2.77. The third kappa shape index (κ3) is 3.04. The van der Waals surface area contributed by atoms with Crippen LogP contribution in [0.25, 0.3) is 10.8 Å². The molecule has 1 aliphatic heterocycles. The molecule has 4 aromatic carbocycles. The Kier molecular flexibility index (Phi) is 4.02. The van der Waals surface area contributed by atoms with E-state index in [1.165, 1.54) is 33.3 Å². The standard InChI is InChI=1S/C25H22N2/c1-2-9-20(10-3-1)17-26-19-27(25-16-7-6-15-24(25)26)18-22-13-8-12-21-11-4-5-14-23(21)22/h1-16H,17-19H2. The van der Waals surface area contributed by atoms with Crippen LogP contribution in [0, 0.1) is 0 Å². The zero-order chi connectivity index (χ0) is 18.1. The highest BCUT2D eigenvalue weighted by atomic mass is 15.4. The van der Waals surface area contributed by atoms with Gasteiger partial charge in [-0.05, 0) is 34.0 Å². The zero-order valence-electron chi connectivity index (χ0n) is 15.3. The molecule has 4 aromatic rings. The van der Waals surface area contributed by atoms with Crippen LogP contribution in [0.4, 0.5) is 11.4 Å². The summed E-state index contributed by atoms with van der Waals surface area (Å²) in [4.78, 5) is 4.95. The van der Waals surface area contributed by atoms with Crippen molar-refractivity contribution < 1.29 is 0 Å². The fraction of sp³-hybridized carbons (Fsp3) is 0.120. The van der Waals surface area contributed by atoms with Gasteiger partial charge in [0.05, 0.1) is 18.0 Å². The molecule has 0 saturated carbocycles. The van der Waals surface area contributed by atoms with Gasteiger partial charge in [0, 0.05) is 13.1 Å². The van der Waals surface area contributed by atoms with E-state index in [1.54, 1.807) is 0 Å². The third-order valence-electron chi connectivity index (χ3n) is 5.36. The molecule has 0 radical (unpaired) electrons. The van der Waals surface area contributed by atoms with E-state index in [1.807, 2.05) is 0 Å². The molecule has 0 atom stereocenters. The molecule has 2 nitrogen and oxygen atoms in total. The predicted octanol–water partition coefficient (Wildman–Crippen LogP) is 5.82. The van der Waals surface area contributed by atoms with Gasteiger partial charge in [-0.3, -0.25) is 0 Å². The summed E-state index contributed by atoms with van der Waals surface area (Å²) in [5.74, 6) is 0. The highest BCUT2D eigenvalue weighted by molar-refractivity contribution is 5.86. The van der Waals surface area contributed by atoms with E-state index in [0.29, 0.717) is 0 Å². The lowest BCUT2D eigenvalue weighted by molar-refractivity contribution is 0.765. The second kappa shape index (κ2) is 6.81. The molecule has 0 fully saturated rings. The highest BCUT2D eigenvalue weighted by Crippen LogP contribution is 2.38. The Morgan fingerprint density at radius 2 is 1.19 bits per heavy atom. The summed E-state index contributed by atoms with van der Waals surface area (Å²) >= 11 is 0. The summed E-state index contributed by atoms with van der Waals surface area (Å²) < 4.78 is 0. The van der Waals surface area contributed by atoms with Crippen LogP contribution in [-0.4, -0.2) is 6.67 Å². The van der Waals surface area contributed by atoms with Crippen LogP contribution in [0.15, 0.2) is 97.1 Å². The quantitative estimate of drug-likeness (QED) is 0.457. The van der Waals surface area contributed by atoms with Crippen LogP contribution in [0.2, 0.25) is 0 Å². The summed E-state index contributed by atoms with van der Waals surface area (Å²) in [6, 6.07) is 34.8. The second-order valence-corrected chi connectivity index (χ2v) is 7.15. The fourth-order valence-corrected chi connectivity index (χ4v) is 4.07. The number of fused-ring (bicyclic) bond motifs is 2. The Hall–Kier alpha value is -3.26. The topological polar surface area (TPSA) is 6.48 Å². The zero-order valence-corrected chi connectivity index (χ0v) is 15.3. The predicted molar refractivity (Wildman–Crippen MR) is 114 cm³/mol. The molecule has 0 unspecified atom stereocenters.